The van der Waals surface area contributed by atoms with Crippen molar-refractivity contribution in [2.45, 2.75) is 13.3 Å². The van der Waals surface area contributed by atoms with Crippen LogP contribution < -0.4 is 0 Å². The smallest absolute Gasteiger partial charge is 0.162 e. The molecule has 3 heteroatoms. The predicted octanol–water partition coefficient (Wildman–Crippen LogP) is 5.65. The molecular formula is C20H16ClNO. The Morgan fingerprint density at radius 2 is 1.91 bits per heavy atom. The number of hydrogen-bond donors (Lipinski definition) is 0. The topological polar surface area (TPSA) is 30.0 Å². The van der Waals surface area contributed by atoms with E-state index in [9.17, 15) is 4.79 Å². The molecule has 3 aromatic rings. The van der Waals surface area contributed by atoms with E-state index in [4.69, 9.17) is 11.6 Å². The highest BCUT2D eigenvalue weighted by Gasteiger charge is 2.02. The fraction of sp³-hybridized carbons (Fsp3) is 0.100. The maximum absolute atomic E-state index is 11.8. The van der Waals surface area contributed by atoms with Gasteiger partial charge in [-0.05, 0) is 35.9 Å². The third-order valence-electron chi connectivity index (χ3n) is 3.65. The number of halogens is 1. The van der Waals surface area contributed by atoms with E-state index in [1.807, 2.05) is 73.7 Å². The highest BCUT2D eigenvalue weighted by molar-refractivity contribution is 6.31. The first-order chi connectivity index (χ1) is 11.2. The van der Waals surface area contributed by atoms with Gasteiger partial charge in [0.15, 0.2) is 5.78 Å². The second-order valence-corrected chi connectivity index (χ2v) is 5.75. The van der Waals surface area contributed by atoms with Crippen molar-refractivity contribution in [2.24, 2.45) is 0 Å². The zero-order valence-electron chi connectivity index (χ0n) is 12.8. The summed E-state index contributed by atoms with van der Waals surface area (Å²) in [5.41, 5.74) is 3.45. The van der Waals surface area contributed by atoms with Crippen molar-refractivity contribution in [3.05, 3.63) is 76.4 Å². The molecule has 2 nitrogen and oxygen atoms in total. The Labute approximate surface area is 140 Å². The SMILES string of the molecule is CCC(=O)c1cccc(C=Cc2ccc3ccc(Cl)cc3n2)c1. The van der Waals surface area contributed by atoms with Gasteiger partial charge in [0.2, 0.25) is 0 Å². The van der Waals surface area contributed by atoms with Gasteiger partial charge in [0.25, 0.3) is 0 Å². The van der Waals surface area contributed by atoms with Crippen molar-refractivity contribution in [2.75, 3.05) is 0 Å². The van der Waals surface area contributed by atoms with Crippen LogP contribution in [0.3, 0.4) is 0 Å². The normalized spacial score (nSPS) is 11.2. The Kier molecular flexibility index (Phi) is 4.54. The standard InChI is InChI=1S/C20H16ClNO/c1-2-20(23)16-5-3-4-14(12-16)6-10-18-11-8-15-7-9-17(21)13-19(15)22-18/h3-13H,2H2,1H3. The maximum Gasteiger partial charge on any atom is 0.162 e. The summed E-state index contributed by atoms with van der Waals surface area (Å²) in [6.45, 7) is 1.87. The lowest BCUT2D eigenvalue weighted by molar-refractivity contribution is 0.0988. The molecule has 1 aromatic heterocycles. The van der Waals surface area contributed by atoms with E-state index >= 15 is 0 Å². The number of rotatable bonds is 4. The van der Waals surface area contributed by atoms with Crippen LogP contribution in [0.25, 0.3) is 23.1 Å². The van der Waals surface area contributed by atoms with Gasteiger partial charge in [-0.2, -0.15) is 0 Å². The number of Topliss-reactive ketones (excluding diaryl/α,β-unsaturated/α-hetero) is 1. The number of nitrogens with zero attached hydrogens (tertiary/aromatic N) is 1. The molecule has 0 saturated carbocycles. The van der Waals surface area contributed by atoms with Crippen molar-refractivity contribution < 1.29 is 4.79 Å². The summed E-state index contributed by atoms with van der Waals surface area (Å²) >= 11 is 6.01. The van der Waals surface area contributed by atoms with E-state index < -0.39 is 0 Å². The van der Waals surface area contributed by atoms with Crippen LogP contribution >= 0.6 is 11.6 Å². The van der Waals surface area contributed by atoms with E-state index in [1.165, 1.54) is 0 Å². The highest BCUT2D eigenvalue weighted by atomic mass is 35.5. The maximum atomic E-state index is 11.8. The molecule has 0 N–H and O–H groups in total. The van der Waals surface area contributed by atoms with Gasteiger partial charge >= 0.3 is 0 Å². The Hall–Kier alpha value is -2.45. The number of ketones is 1. The van der Waals surface area contributed by atoms with Crippen LogP contribution in [0.4, 0.5) is 0 Å². The van der Waals surface area contributed by atoms with Crippen molar-refractivity contribution in [3.63, 3.8) is 0 Å². The van der Waals surface area contributed by atoms with Crippen molar-refractivity contribution in [1.29, 1.82) is 0 Å². The van der Waals surface area contributed by atoms with Gasteiger partial charge in [-0.25, -0.2) is 4.98 Å². The zero-order valence-corrected chi connectivity index (χ0v) is 13.5. The molecule has 0 aliphatic carbocycles. The molecule has 0 fully saturated rings. The van der Waals surface area contributed by atoms with Crippen LogP contribution in [0, 0.1) is 0 Å². The lowest BCUT2D eigenvalue weighted by Crippen LogP contribution is -1.95. The average molecular weight is 322 g/mol. The van der Waals surface area contributed by atoms with Crippen molar-refractivity contribution in [3.8, 4) is 0 Å². The zero-order chi connectivity index (χ0) is 16.2. The molecule has 0 unspecified atom stereocenters. The van der Waals surface area contributed by atoms with Gasteiger partial charge in [0.1, 0.15) is 0 Å². The quantitative estimate of drug-likeness (QED) is 0.581. The predicted molar refractivity (Wildman–Crippen MR) is 96.7 cm³/mol. The Morgan fingerprint density at radius 1 is 1.09 bits per heavy atom. The Bertz CT molecular complexity index is 899. The third kappa shape index (κ3) is 3.66. The van der Waals surface area contributed by atoms with Gasteiger partial charge in [-0.1, -0.05) is 54.9 Å². The van der Waals surface area contributed by atoms with Crippen molar-refractivity contribution >= 4 is 40.4 Å². The van der Waals surface area contributed by atoms with Gasteiger partial charge < -0.3 is 0 Å². The highest BCUT2D eigenvalue weighted by Crippen LogP contribution is 2.19. The number of pyridine rings is 1. The molecule has 3 rings (SSSR count). The minimum Gasteiger partial charge on any atom is -0.294 e. The minimum atomic E-state index is 0.152. The number of carbonyl (C=O) groups excluding carboxylic acids is 1. The fourth-order valence-corrected chi connectivity index (χ4v) is 2.57. The monoisotopic (exact) mass is 321 g/mol. The van der Waals surface area contributed by atoms with Gasteiger partial charge in [-0.3, -0.25) is 4.79 Å². The molecule has 0 atom stereocenters. The van der Waals surface area contributed by atoms with Crippen LogP contribution in [-0.2, 0) is 0 Å². The molecule has 0 saturated heterocycles. The van der Waals surface area contributed by atoms with Crippen LogP contribution in [0.5, 0.6) is 0 Å². The van der Waals surface area contributed by atoms with E-state index in [1.54, 1.807) is 0 Å². The second kappa shape index (κ2) is 6.76. The number of carbonyl (C=O) groups is 1. The summed E-state index contributed by atoms with van der Waals surface area (Å²) in [4.78, 5) is 16.4. The van der Waals surface area contributed by atoms with Crippen LogP contribution in [0.1, 0.15) is 35.0 Å². The second-order valence-electron chi connectivity index (χ2n) is 5.31. The lowest BCUT2D eigenvalue weighted by atomic mass is 10.1. The Morgan fingerprint density at radius 3 is 2.74 bits per heavy atom. The van der Waals surface area contributed by atoms with Crippen LogP contribution in [0.2, 0.25) is 5.02 Å². The fourth-order valence-electron chi connectivity index (χ4n) is 2.40. The van der Waals surface area contributed by atoms with E-state index in [-0.39, 0.29) is 5.78 Å². The van der Waals surface area contributed by atoms with E-state index in [0.29, 0.717) is 11.4 Å². The van der Waals surface area contributed by atoms with Gasteiger partial charge in [0.05, 0.1) is 11.2 Å². The third-order valence-corrected chi connectivity index (χ3v) is 3.89. The first-order valence-corrected chi connectivity index (χ1v) is 7.91. The van der Waals surface area contributed by atoms with Crippen molar-refractivity contribution in [1.82, 2.24) is 4.98 Å². The summed E-state index contributed by atoms with van der Waals surface area (Å²) in [5.74, 6) is 0.152. The largest absolute Gasteiger partial charge is 0.294 e. The molecule has 0 radical (unpaired) electrons. The Balaban J connectivity index is 1.89. The molecule has 0 aliphatic rings. The number of hydrogen-bond acceptors (Lipinski definition) is 2. The first kappa shape index (κ1) is 15.4. The summed E-state index contributed by atoms with van der Waals surface area (Å²) in [6, 6.07) is 17.3. The van der Waals surface area contributed by atoms with Crippen LogP contribution in [0.15, 0.2) is 54.6 Å². The first-order valence-electron chi connectivity index (χ1n) is 7.53. The summed E-state index contributed by atoms with van der Waals surface area (Å²) in [6.07, 6.45) is 4.42. The number of aromatic nitrogens is 1. The number of benzene rings is 2. The molecular weight excluding hydrogens is 306 g/mol. The van der Waals surface area contributed by atoms with Gasteiger partial charge in [-0.15, -0.1) is 0 Å². The lowest BCUT2D eigenvalue weighted by Gasteiger charge is -2.01. The number of fused-ring (bicyclic) bond motifs is 1. The van der Waals surface area contributed by atoms with E-state index in [2.05, 4.69) is 4.98 Å². The molecule has 0 spiro atoms. The van der Waals surface area contributed by atoms with Crippen LogP contribution in [-0.4, -0.2) is 10.8 Å². The summed E-state index contributed by atoms with van der Waals surface area (Å²) in [5, 5.41) is 1.74. The van der Waals surface area contributed by atoms with E-state index in [0.717, 1.165) is 27.7 Å². The average Bonchev–Trinajstić information content (AvgIpc) is 2.59. The van der Waals surface area contributed by atoms with Gasteiger partial charge in [0, 0.05) is 22.4 Å². The summed E-state index contributed by atoms with van der Waals surface area (Å²) in [7, 11) is 0. The molecule has 0 bridgehead atoms. The minimum absolute atomic E-state index is 0.152. The molecule has 114 valence electrons. The molecule has 2 aromatic carbocycles. The summed E-state index contributed by atoms with van der Waals surface area (Å²) < 4.78 is 0. The molecule has 0 aliphatic heterocycles. The molecule has 23 heavy (non-hydrogen) atoms. The molecule has 0 amide bonds. The molecule has 1 heterocycles.